The summed E-state index contributed by atoms with van der Waals surface area (Å²) in [5, 5.41) is 0.00433. The fourth-order valence-electron chi connectivity index (χ4n) is 5.88. The maximum absolute atomic E-state index is 14.0. The molecule has 10 nitrogen and oxygen atoms in total. The molecule has 1 unspecified atom stereocenters. The second-order valence-corrected chi connectivity index (χ2v) is 24.5. The maximum atomic E-state index is 14.0. The molecule has 3 aromatic carbocycles. The molecule has 1 saturated heterocycles. The second kappa shape index (κ2) is 18.8. The van der Waals surface area contributed by atoms with Gasteiger partial charge in [-0.15, -0.1) is 11.8 Å². The lowest BCUT2D eigenvalue weighted by atomic mass is 9.92. The predicted octanol–water partition coefficient (Wildman–Crippen LogP) is 8.14. The molecule has 2 aliphatic rings. The quantitative estimate of drug-likeness (QED) is 0.0877. The van der Waals surface area contributed by atoms with Gasteiger partial charge >= 0.3 is 17.9 Å². The number of ether oxygens (including phenoxy) is 4. The van der Waals surface area contributed by atoms with Crippen LogP contribution < -0.4 is 4.72 Å². The van der Waals surface area contributed by atoms with Gasteiger partial charge in [0.1, 0.15) is 11.5 Å². The van der Waals surface area contributed by atoms with E-state index < -0.39 is 77.9 Å². The van der Waals surface area contributed by atoms with Gasteiger partial charge in [0.05, 0.1) is 38.5 Å². The Labute approximate surface area is 339 Å². The molecule has 56 heavy (non-hydrogen) atoms. The molecule has 8 atom stereocenters. The van der Waals surface area contributed by atoms with Gasteiger partial charge in [-0.05, 0) is 81.7 Å². The van der Waals surface area contributed by atoms with Gasteiger partial charge in [-0.1, -0.05) is 87.5 Å². The summed E-state index contributed by atoms with van der Waals surface area (Å²) in [5.41, 5.74) is -0.0881. The lowest BCUT2D eigenvalue weighted by Crippen LogP contribution is -2.65. The third-order valence-corrected chi connectivity index (χ3v) is 17.7. The van der Waals surface area contributed by atoms with Crippen molar-refractivity contribution >= 4 is 49.0 Å². The summed E-state index contributed by atoms with van der Waals surface area (Å²) < 4.78 is 48.9. The number of carbonyl (C=O) groups is 3. The van der Waals surface area contributed by atoms with Crippen molar-refractivity contribution in [3.8, 4) is 0 Å². The van der Waals surface area contributed by atoms with Crippen molar-refractivity contribution in [1.29, 1.82) is 0 Å². The summed E-state index contributed by atoms with van der Waals surface area (Å²) in [6.07, 6.45) is -0.422. The first-order valence-corrected chi connectivity index (χ1v) is 24.1. The maximum Gasteiger partial charge on any atom is 0.338 e. The molecule has 0 saturated carbocycles. The first-order chi connectivity index (χ1) is 26.4. The molecule has 0 radical (unpaired) electrons. The third-order valence-electron chi connectivity index (χ3n) is 10.2. The summed E-state index contributed by atoms with van der Waals surface area (Å²) in [7, 11) is -3.69. The van der Waals surface area contributed by atoms with E-state index in [9.17, 15) is 18.6 Å². The second-order valence-electron chi connectivity index (χ2n) is 16.6. The first kappa shape index (κ1) is 43.5. The number of fused-ring (bicyclic) bond motifs is 2. The minimum atomic E-state index is -2.11. The van der Waals surface area contributed by atoms with E-state index in [0.717, 1.165) is 0 Å². The van der Waals surface area contributed by atoms with Crippen molar-refractivity contribution < 1.29 is 42.0 Å². The molecule has 1 fully saturated rings. The van der Waals surface area contributed by atoms with E-state index in [1.807, 2.05) is 26.8 Å². The zero-order chi connectivity index (χ0) is 40.7. The number of benzene rings is 3. The summed E-state index contributed by atoms with van der Waals surface area (Å²) in [5.74, 6) is -1.60. The van der Waals surface area contributed by atoms with Crippen LogP contribution in [-0.4, -0.2) is 83.4 Å². The molecule has 3 aromatic rings. The van der Waals surface area contributed by atoms with Gasteiger partial charge in [0.25, 0.3) is 0 Å². The lowest BCUT2D eigenvalue weighted by molar-refractivity contribution is -0.205. The summed E-state index contributed by atoms with van der Waals surface area (Å²) in [6.45, 7) is 17.0. The van der Waals surface area contributed by atoms with Gasteiger partial charge in [-0.2, -0.15) is 0 Å². The van der Waals surface area contributed by atoms with Crippen molar-refractivity contribution in [3.05, 3.63) is 120 Å². The lowest BCUT2D eigenvalue weighted by Gasteiger charge is -2.47. The van der Waals surface area contributed by atoms with E-state index in [2.05, 4.69) is 44.7 Å². The number of rotatable bonds is 11. The highest BCUT2D eigenvalue weighted by molar-refractivity contribution is 7.99. The van der Waals surface area contributed by atoms with Gasteiger partial charge in [0.2, 0.25) is 0 Å². The van der Waals surface area contributed by atoms with Gasteiger partial charge in [0.15, 0.2) is 26.6 Å². The largest absolute Gasteiger partial charge is 0.452 e. The highest BCUT2D eigenvalue weighted by Crippen LogP contribution is 2.40. The van der Waals surface area contributed by atoms with Crippen molar-refractivity contribution in [1.82, 2.24) is 4.72 Å². The number of thioether (sulfide) groups is 1. The average molecular weight is 822 g/mol. The van der Waals surface area contributed by atoms with Crippen LogP contribution in [0.3, 0.4) is 0 Å². The Morgan fingerprint density at radius 2 is 1.21 bits per heavy atom. The Bertz CT molecular complexity index is 1830. The standard InChI is InChI=1S/C43H55NO9S2Si/c1-42(2,3)55(48)44-33-26-18-19-29(27-49-56(7,8)43(4,5)6)28-54-41-37(52-40(47)32-24-16-11-17-25-32)36(51-39(46)31-22-14-10-15-23-31)35(34(33)53-41)50-38(45)30-20-12-9-13-21-30/h9-25,29,33-37,41,44H,26-28H2,1-8H3/b19-18-/t29?,33-,34-,35+,36+,37-,41-,55-/m1/s1. The van der Waals surface area contributed by atoms with E-state index in [1.54, 1.807) is 91.0 Å². The molecular formula is C43H55NO9S2Si. The van der Waals surface area contributed by atoms with E-state index in [0.29, 0.717) is 18.8 Å². The number of carbonyl (C=O) groups excluding carboxylic acids is 3. The molecule has 0 spiro atoms. The van der Waals surface area contributed by atoms with Crippen LogP contribution in [0.1, 0.15) is 79.0 Å². The van der Waals surface area contributed by atoms with Crippen LogP contribution in [0.4, 0.5) is 0 Å². The number of esters is 3. The molecule has 0 amide bonds. The summed E-state index contributed by atoms with van der Waals surface area (Å²) >= 11 is 1.41. The number of nitrogens with one attached hydrogen (secondary N) is 1. The van der Waals surface area contributed by atoms with Crippen LogP contribution in [0.15, 0.2) is 103 Å². The Hall–Kier alpha value is -3.59. The topological polar surface area (TPSA) is 126 Å². The van der Waals surface area contributed by atoms with Crippen molar-refractivity contribution in [2.45, 2.75) is 107 Å². The van der Waals surface area contributed by atoms with E-state index >= 15 is 0 Å². The van der Waals surface area contributed by atoms with Crippen molar-refractivity contribution in [3.63, 3.8) is 0 Å². The Balaban J connectivity index is 1.62. The number of hydrogen-bond acceptors (Lipinski definition) is 10. The summed E-state index contributed by atoms with van der Waals surface area (Å²) in [6, 6.07) is 24.7. The van der Waals surface area contributed by atoms with E-state index in [-0.39, 0.29) is 27.6 Å². The molecule has 2 bridgehead atoms. The zero-order valence-electron chi connectivity index (χ0n) is 33.5. The molecule has 302 valence electrons. The molecule has 1 N–H and O–H groups in total. The van der Waals surface area contributed by atoms with Crippen LogP contribution in [-0.2, 0) is 34.4 Å². The average Bonchev–Trinajstić information content (AvgIpc) is 3.16. The van der Waals surface area contributed by atoms with Crippen molar-refractivity contribution in [2.24, 2.45) is 5.92 Å². The van der Waals surface area contributed by atoms with Crippen LogP contribution in [0.5, 0.6) is 0 Å². The third kappa shape index (κ3) is 11.3. The molecular weight excluding hydrogens is 767 g/mol. The molecule has 2 heterocycles. The Morgan fingerprint density at radius 3 is 1.68 bits per heavy atom. The van der Waals surface area contributed by atoms with E-state index in [1.165, 1.54) is 11.8 Å². The summed E-state index contributed by atoms with van der Waals surface area (Å²) in [4.78, 5) is 41.8. The molecule has 0 aliphatic carbocycles. The predicted molar refractivity (Wildman–Crippen MR) is 223 cm³/mol. The van der Waals surface area contributed by atoms with Gasteiger partial charge < -0.3 is 23.4 Å². The molecule has 0 aromatic heterocycles. The van der Waals surface area contributed by atoms with Gasteiger partial charge in [-0.3, -0.25) is 0 Å². The fraction of sp³-hybridized carbons (Fsp3) is 0.465. The van der Waals surface area contributed by atoms with Gasteiger partial charge in [-0.25, -0.2) is 23.3 Å². The Kier molecular flexibility index (Phi) is 14.6. The normalized spacial score (nSPS) is 25.6. The van der Waals surface area contributed by atoms with Crippen LogP contribution >= 0.6 is 11.8 Å². The van der Waals surface area contributed by atoms with E-state index in [4.69, 9.17) is 23.4 Å². The van der Waals surface area contributed by atoms with Gasteiger partial charge in [0, 0.05) is 18.3 Å². The smallest absolute Gasteiger partial charge is 0.338 e. The molecule has 2 aliphatic heterocycles. The molecule has 5 rings (SSSR count). The van der Waals surface area contributed by atoms with Crippen LogP contribution in [0.2, 0.25) is 18.1 Å². The highest BCUT2D eigenvalue weighted by atomic mass is 32.2. The SMILES string of the molecule is CC(C)(C)[S@@](=O)N[C@@H]1C/C=C\C(CO[Si](C)(C)C(C)(C)C)CS[C@H]2O[C@H]1[C@H](OC(=O)c1ccccc1)[C@H](OC(=O)c1ccccc1)[C@H]2OC(=O)c1ccccc1. The highest BCUT2D eigenvalue weighted by Gasteiger charge is 2.55. The fourth-order valence-corrected chi connectivity index (χ4v) is 9.05. The number of hydrogen-bond donors (Lipinski definition) is 1. The Morgan fingerprint density at radius 1 is 0.750 bits per heavy atom. The minimum absolute atomic E-state index is 0.00433. The van der Waals surface area contributed by atoms with Crippen LogP contribution in [0.25, 0.3) is 0 Å². The van der Waals surface area contributed by atoms with Crippen LogP contribution in [0, 0.1) is 5.92 Å². The van der Waals surface area contributed by atoms with Crippen molar-refractivity contribution in [2.75, 3.05) is 12.4 Å². The monoisotopic (exact) mass is 821 g/mol. The molecule has 13 heteroatoms. The zero-order valence-corrected chi connectivity index (χ0v) is 36.1. The first-order valence-electron chi connectivity index (χ1n) is 19.0. The minimum Gasteiger partial charge on any atom is -0.452 e.